The van der Waals surface area contributed by atoms with Crippen LogP contribution >= 0.6 is 11.5 Å². The van der Waals surface area contributed by atoms with Gasteiger partial charge in [-0.2, -0.15) is 4.37 Å². The molecule has 1 aromatic rings. The fourth-order valence-electron chi connectivity index (χ4n) is 2.48. The van der Waals surface area contributed by atoms with Crippen molar-refractivity contribution in [3.63, 3.8) is 0 Å². The third-order valence-electron chi connectivity index (χ3n) is 3.31. The molecule has 1 saturated carbocycles. The summed E-state index contributed by atoms with van der Waals surface area (Å²) in [5, 5.41) is 1.07. The first-order chi connectivity index (χ1) is 8.35. The topological polar surface area (TPSA) is 55.0 Å². The molecule has 0 spiro atoms. The largest absolute Gasteiger partial charge is 0.343 e. The Morgan fingerprint density at radius 2 is 2.18 bits per heavy atom. The summed E-state index contributed by atoms with van der Waals surface area (Å²) in [5.74, 6) is 0.993. The molecule has 0 amide bonds. The molecule has 96 valence electrons. The van der Waals surface area contributed by atoms with Gasteiger partial charge in [-0.15, -0.1) is 0 Å². The third kappa shape index (κ3) is 3.16. The van der Waals surface area contributed by atoms with Crippen LogP contribution in [0.5, 0.6) is 0 Å². The van der Waals surface area contributed by atoms with Gasteiger partial charge in [0.1, 0.15) is 5.82 Å². The Hall–Kier alpha value is -0.680. The SMILES string of the molecule is CCCc1nsc(N(CCN)C2CCCC2)n1. The fourth-order valence-corrected chi connectivity index (χ4v) is 3.29. The minimum Gasteiger partial charge on any atom is -0.343 e. The summed E-state index contributed by atoms with van der Waals surface area (Å²) < 4.78 is 4.43. The Morgan fingerprint density at radius 3 is 2.82 bits per heavy atom. The van der Waals surface area contributed by atoms with Gasteiger partial charge in [0.15, 0.2) is 0 Å². The molecule has 1 aliphatic rings. The summed E-state index contributed by atoms with van der Waals surface area (Å²) in [6.45, 7) is 3.76. The second kappa shape index (κ2) is 6.31. The molecule has 0 unspecified atom stereocenters. The Labute approximate surface area is 107 Å². The van der Waals surface area contributed by atoms with Gasteiger partial charge in [-0.05, 0) is 19.3 Å². The van der Waals surface area contributed by atoms with Crippen molar-refractivity contribution in [1.29, 1.82) is 0 Å². The molecule has 1 aromatic heterocycles. The standard InChI is InChI=1S/C12H22N4S/c1-2-5-11-14-12(17-15-11)16(9-8-13)10-6-3-4-7-10/h10H,2-9,13H2,1H3. The predicted octanol–water partition coefficient (Wildman–Crippen LogP) is 2.20. The molecule has 0 atom stereocenters. The van der Waals surface area contributed by atoms with E-state index in [1.807, 2.05) is 0 Å². The van der Waals surface area contributed by atoms with Crippen molar-refractivity contribution in [1.82, 2.24) is 9.36 Å². The third-order valence-corrected chi connectivity index (χ3v) is 4.10. The highest BCUT2D eigenvalue weighted by Crippen LogP contribution is 2.29. The Balaban J connectivity index is 2.07. The molecule has 2 rings (SSSR count). The zero-order valence-corrected chi connectivity index (χ0v) is 11.4. The maximum absolute atomic E-state index is 5.71. The molecule has 0 aromatic carbocycles. The van der Waals surface area contributed by atoms with Gasteiger partial charge in [-0.25, -0.2) is 4.98 Å². The van der Waals surface area contributed by atoms with E-state index in [0.29, 0.717) is 12.6 Å². The van der Waals surface area contributed by atoms with Gasteiger partial charge in [-0.1, -0.05) is 19.8 Å². The average molecular weight is 254 g/mol. The zero-order valence-electron chi connectivity index (χ0n) is 10.6. The van der Waals surface area contributed by atoms with Crippen molar-refractivity contribution in [3.8, 4) is 0 Å². The zero-order chi connectivity index (χ0) is 12.1. The van der Waals surface area contributed by atoms with Gasteiger partial charge in [0.05, 0.1) is 0 Å². The Morgan fingerprint density at radius 1 is 1.41 bits per heavy atom. The lowest BCUT2D eigenvalue weighted by atomic mass is 10.2. The van der Waals surface area contributed by atoms with Crippen LogP contribution in [0.1, 0.15) is 44.9 Å². The normalized spacial score (nSPS) is 16.6. The lowest BCUT2D eigenvalue weighted by Gasteiger charge is -2.27. The van der Waals surface area contributed by atoms with Crippen LogP contribution in [-0.4, -0.2) is 28.5 Å². The van der Waals surface area contributed by atoms with E-state index in [2.05, 4.69) is 21.2 Å². The van der Waals surface area contributed by atoms with Gasteiger partial charge in [0, 0.05) is 37.1 Å². The van der Waals surface area contributed by atoms with Crippen LogP contribution in [0.25, 0.3) is 0 Å². The number of aromatic nitrogens is 2. The molecule has 0 aliphatic heterocycles. The lowest BCUT2D eigenvalue weighted by Crippen LogP contribution is -2.37. The summed E-state index contributed by atoms with van der Waals surface area (Å²) in [6.07, 6.45) is 7.33. The molecule has 1 heterocycles. The van der Waals surface area contributed by atoms with Crippen LogP contribution in [0.4, 0.5) is 5.13 Å². The number of aryl methyl sites for hydroxylation is 1. The van der Waals surface area contributed by atoms with E-state index in [4.69, 9.17) is 5.73 Å². The van der Waals surface area contributed by atoms with Crippen molar-refractivity contribution < 1.29 is 0 Å². The van der Waals surface area contributed by atoms with Gasteiger partial charge < -0.3 is 10.6 Å². The molecule has 17 heavy (non-hydrogen) atoms. The molecular formula is C12H22N4S. The lowest BCUT2D eigenvalue weighted by molar-refractivity contribution is 0.606. The van der Waals surface area contributed by atoms with Crippen LogP contribution in [0, 0.1) is 0 Å². The summed E-state index contributed by atoms with van der Waals surface area (Å²) in [6, 6.07) is 0.640. The first-order valence-electron chi connectivity index (χ1n) is 6.64. The predicted molar refractivity (Wildman–Crippen MR) is 72.6 cm³/mol. The van der Waals surface area contributed by atoms with E-state index in [0.717, 1.165) is 30.3 Å². The van der Waals surface area contributed by atoms with E-state index in [-0.39, 0.29) is 0 Å². The highest BCUT2D eigenvalue weighted by atomic mass is 32.1. The van der Waals surface area contributed by atoms with Crippen LogP contribution in [0.2, 0.25) is 0 Å². The maximum Gasteiger partial charge on any atom is 0.205 e. The van der Waals surface area contributed by atoms with E-state index in [1.54, 1.807) is 0 Å². The second-order valence-electron chi connectivity index (χ2n) is 4.66. The van der Waals surface area contributed by atoms with Gasteiger partial charge in [0.25, 0.3) is 0 Å². The molecule has 1 fully saturated rings. The van der Waals surface area contributed by atoms with Crippen molar-refractivity contribution in [2.45, 2.75) is 51.5 Å². The minimum absolute atomic E-state index is 0.640. The van der Waals surface area contributed by atoms with Crippen molar-refractivity contribution in [2.24, 2.45) is 5.73 Å². The molecule has 1 aliphatic carbocycles. The number of rotatable bonds is 6. The number of nitrogens with two attached hydrogens (primary N) is 1. The first kappa shape index (κ1) is 12.8. The second-order valence-corrected chi connectivity index (χ2v) is 5.39. The fraction of sp³-hybridized carbons (Fsp3) is 0.833. The Kier molecular flexibility index (Phi) is 4.74. The van der Waals surface area contributed by atoms with Crippen molar-refractivity contribution >= 4 is 16.7 Å². The highest BCUT2D eigenvalue weighted by molar-refractivity contribution is 7.09. The quantitative estimate of drug-likeness (QED) is 0.845. The summed E-state index contributed by atoms with van der Waals surface area (Å²) in [4.78, 5) is 7.02. The van der Waals surface area contributed by atoms with Crippen molar-refractivity contribution in [2.75, 3.05) is 18.0 Å². The van der Waals surface area contributed by atoms with Gasteiger partial charge >= 0.3 is 0 Å². The summed E-state index contributed by atoms with van der Waals surface area (Å²) in [5.41, 5.74) is 5.71. The number of hydrogen-bond acceptors (Lipinski definition) is 5. The van der Waals surface area contributed by atoms with Crippen LogP contribution in [0.3, 0.4) is 0 Å². The maximum atomic E-state index is 5.71. The minimum atomic E-state index is 0.640. The van der Waals surface area contributed by atoms with Gasteiger partial charge in [-0.3, -0.25) is 0 Å². The summed E-state index contributed by atoms with van der Waals surface area (Å²) >= 11 is 1.53. The molecular weight excluding hydrogens is 232 g/mol. The molecule has 0 bridgehead atoms. The van der Waals surface area contributed by atoms with Gasteiger partial charge in [0.2, 0.25) is 5.13 Å². The molecule has 2 N–H and O–H groups in total. The molecule has 0 radical (unpaired) electrons. The van der Waals surface area contributed by atoms with E-state index < -0.39 is 0 Å². The average Bonchev–Trinajstić information content (AvgIpc) is 2.97. The summed E-state index contributed by atoms with van der Waals surface area (Å²) in [7, 11) is 0. The van der Waals surface area contributed by atoms with Crippen molar-refractivity contribution in [3.05, 3.63) is 5.82 Å². The monoisotopic (exact) mass is 254 g/mol. The molecule has 4 nitrogen and oxygen atoms in total. The number of hydrogen-bond donors (Lipinski definition) is 1. The van der Waals surface area contributed by atoms with E-state index in [1.165, 1.54) is 37.2 Å². The Bertz CT molecular complexity index is 333. The molecule has 5 heteroatoms. The smallest absolute Gasteiger partial charge is 0.205 e. The molecule has 0 saturated heterocycles. The van der Waals surface area contributed by atoms with E-state index in [9.17, 15) is 0 Å². The number of nitrogens with zero attached hydrogens (tertiary/aromatic N) is 3. The first-order valence-corrected chi connectivity index (χ1v) is 7.41. The van der Waals surface area contributed by atoms with E-state index >= 15 is 0 Å². The number of anilines is 1. The van der Waals surface area contributed by atoms with Crippen LogP contribution in [0.15, 0.2) is 0 Å². The highest BCUT2D eigenvalue weighted by Gasteiger charge is 2.24. The van der Waals surface area contributed by atoms with Crippen LogP contribution in [-0.2, 0) is 6.42 Å². The van der Waals surface area contributed by atoms with Crippen LogP contribution < -0.4 is 10.6 Å².